The van der Waals surface area contributed by atoms with Gasteiger partial charge in [0.2, 0.25) is 10.0 Å². The first-order chi connectivity index (χ1) is 11.0. The molecule has 0 spiro atoms. The molecule has 1 aromatic rings. The van der Waals surface area contributed by atoms with Gasteiger partial charge in [-0.05, 0) is 40.9 Å². The molecule has 1 aliphatic rings. The van der Waals surface area contributed by atoms with E-state index < -0.39 is 27.7 Å². The fourth-order valence-electron chi connectivity index (χ4n) is 2.37. The van der Waals surface area contributed by atoms with Crippen molar-refractivity contribution < 1.29 is 26.4 Å². The smallest absolute Gasteiger partial charge is 0.348 e. The lowest BCUT2D eigenvalue weighted by Gasteiger charge is -2.30. The number of aromatic nitrogens is 1. The molecule has 1 saturated heterocycles. The summed E-state index contributed by atoms with van der Waals surface area (Å²) in [7, 11) is -3.28. The number of pyridine rings is 1. The fraction of sp³-hybridized carbons (Fsp3) is 0.538. The van der Waals surface area contributed by atoms with Crippen LogP contribution in [0.5, 0.6) is 0 Å². The summed E-state index contributed by atoms with van der Waals surface area (Å²) >= 11 is 2.86. The number of nitrogens with one attached hydrogen (secondary N) is 1. The molecule has 0 atom stereocenters. The van der Waals surface area contributed by atoms with E-state index in [0.717, 1.165) is 12.3 Å². The average molecular weight is 430 g/mol. The first-order valence-corrected chi connectivity index (χ1v) is 9.62. The maximum atomic E-state index is 12.8. The summed E-state index contributed by atoms with van der Waals surface area (Å²) in [5.74, 6) is -0.723. The fourth-order valence-corrected chi connectivity index (χ4v) is 3.68. The zero-order chi connectivity index (χ0) is 18.1. The SMILES string of the molecule is CS(=O)(=O)N1CCC(NC(=O)c2cc(C(F)(F)F)cc(Br)n2)CC1. The van der Waals surface area contributed by atoms with Gasteiger partial charge in [0.15, 0.2) is 0 Å². The third-order valence-corrected chi connectivity index (χ3v) is 5.32. The molecular formula is C13H15BrF3N3O3S. The molecule has 0 unspecified atom stereocenters. The van der Waals surface area contributed by atoms with Crippen LogP contribution in [-0.2, 0) is 16.2 Å². The topological polar surface area (TPSA) is 79.4 Å². The van der Waals surface area contributed by atoms with Crippen LogP contribution in [0.2, 0.25) is 0 Å². The Bertz CT molecular complexity index is 732. The Kier molecular flexibility index (Phi) is 5.55. The predicted octanol–water partition coefficient (Wildman–Crippen LogP) is 2.02. The molecule has 6 nitrogen and oxygen atoms in total. The molecular weight excluding hydrogens is 415 g/mol. The zero-order valence-electron chi connectivity index (χ0n) is 12.6. The summed E-state index contributed by atoms with van der Waals surface area (Å²) in [5, 5.41) is 2.60. The summed E-state index contributed by atoms with van der Waals surface area (Å²) in [4.78, 5) is 15.9. The molecule has 0 saturated carbocycles. The van der Waals surface area contributed by atoms with Crippen LogP contribution < -0.4 is 5.32 Å². The molecule has 1 aromatic heterocycles. The Labute approximate surface area is 145 Å². The maximum Gasteiger partial charge on any atom is 0.416 e. The number of rotatable bonds is 3. The van der Waals surface area contributed by atoms with Crippen molar-refractivity contribution in [3.63, 3.8) is 0 Å². The second kappa shape index (κ2) is 6.96. The van der Waals surface area contributed by atoms with Gasteiger partial charge in [0, 0.05) is 19.1 Å². The minimum absolute atomic E-state index is 0.0885. The monoisotopic (exact) mass is 429 g/mol. The van der Waals surface area contributed by atoms with Crippen LogP contribution in [-0.4, -0.2) is 49.0 Å². The van der Waals surface area contributed by atoms with E-state index in [0.29, 0.717) is 18.9 Å². The lowest BCUT2D eigenvalue weighted by atomic mass is 10.1. The van der Waals surface area contributed by atoms with E-state index >= 15 is 0 Å². The molecule has 2 heterocycles. The van der Waals surface area contributed by atoms with Crippen molar-refractivity contribution in [2.45, 2.75) is 25.1 Å². The van der Waals surface area contributed by atoms with Crippen LogP contribution in [0.4, 0.5) is 13.2 Å². The van der Waals surface area contributed by atoms with Gasteiger partial charge in [-0.3, -0.25) is 4.79 Å². The van der Waals surface area contributed by atoms with Gasteiger partial charge in [0.1, 0.15) is 10.3 Å². The number of amides is 1. The third kappa shape index (κ3) is 4.90. The lowest BCUT2D eigenvalue weighted by Crippen LogP contribution is -2.46. The standard InChI is InChI=1S/C13H15BrF3N3O3S/c1-24(22,23)20-4-2-9(3-5-20)18-12(21)10-6-8(13(15,16)17)7-11(14)19-10/h6-7,9H,2-5H2,1H3,(H,18,21). The molecule has 11 heteroatoms. The van der Waals surface area contributed by atoms with E-state index in [-0.39, 0.29) is 29.4 Å². The van der Waals surface area contributed by atoms with Crippen molar-refractivity contribution >= 4 is 31.9 Å². The highest BCUT2D eigenvalue weighted by Crippen LogP contribution is 2.31. The van der Waals surface area contributed by atoms with Gasteiger partial charge < -0.3 is 5.32 Å². The van der Waals surface area contributed by atoms with Gasteiger partial charge in [-0.2, -0.15) is 13.2 Å². The molecule has 0 aliphatic carbocycles. The van der Waals surface area contributed by atoms with Crippen LogP contribution in [0.1, 0.15) is 28.9 Å². The first-order valence-electron chi connectivity index (χ1n) is 6.97. The van der Waals surface area contributed by atoms with Gasteiger partial charge in [0.05, 0.1) is 11.8 Å². The van der Waals surface area contributed by atoms with Crippen molar-refractivity contribution in [2.75, 3.05) is 19.3 Å². The van der Waals surface area contributed by atoms with Crippen LogP contribution >= 0.6 is 15.9 Å². The van der Waals surface area contributed by atoms with Crippen molar-refractivity contribution in [1.29, 1.82) is 0 Å². The van der Waals surface area contributed by atoms with E-state index in [1.165, 1.54) is 4.31 Å². The van der Waals surface area contributed by atoms with E-state index in [2.05, 4.69) is 26.2 Å². The third-order valence-electron chi connectivity index (χ3n) is 3.61. The quantitative estimate of drug-likeness (QED) is 0.745. The second-order valence-corrected chi connectivity index (χ2v) is 8.27. The molecule has 24 heavy (non-hydrogen) atoms. The summed E-state index contributed by atoms with van der Waals surface area (Å²) in [5.41, 5.74) is -1.32. The largest absolute Gasteiger partial charge is 0.416 e. The van der Waals surface area contributed by atoms with Crippen molar-refractivity contribution in [3.8, 4) is 0 Å². The Balaban J connectivity index is 2.05. The minimum atomic E-state index is -4.58. The Morgan fingerprint density at radius 1 is 1.33 bits per heavy atom. The molecule has 2 rings (SSSR count). The van der Waals surface area contributed by atoms with Gasteiger partial charge in [-0.15, -0.1) is 0 Å². The van der Waals surface area contributed by atoms with Crippen molar-refractivity contribution in [1.82, 2.24) is 14.6 Å². The number of carbonyl (C=O) groups is 1. The number of halogens is 4. The van der Waals surface area contributed by atoms with Gasteiger partial charge in [0.25, 0.3) is 5.91 Å². The number of nitrogens with zero attached hydrogens (tertiary/aromatic N) is 2. The molecule has 0 aromatic carbocycles. The number of alkyl halides is 3. The van der Waals surface area contributed by atoms with E-state index in [1.54, 1.807) is 0 Å². The van der Waals surface area contributed by atoms with Crippen LogP contribution in [0, 0.1) is 0 Å². The molecule has 0 bridgehead atoms. The van der Waals surface area contributed by atoms with Crippen LogP contribution in [0.3, 0.4) is 0 Å². The van der Waals surface area contributed by atoms with E-state index in [1.807, 2.05) is 0 Å². The summed E-state index contributed by atoms with van der Waals surface area (Å²) in [6.45, 7) is 0.507. The van der Waals surface area contributed by atoms with Crippen LogP contribution in [0.25, 0.3) is 0 Å². The number of hydrogen-bond donors (Lipinski definition) is 1. The molecule has 1 aliphatic heterocycles. The predicted molar refractivity (Wildman–Crippen MR) is 83.8 cm³/mol. The highest BCUT2D eigenvalue weighted by Gasteiger charge is 2.32. The van der Waals surface area contributed by atoms with Gasteiger partial charge >= 0.3 is 6.18 Å². The molecule has 1 N–H and O–H groups in total. The highest BCUT2D eigenvalue weighted by atomic mass is 79.9. The summed E-state index contributed by atoms with van der Waals surface area (Å²) in [6.07, 6.45) is -2.70. The molecule has 1 fully saturated rings. The normalized spacial score (nSPS) is 17.7. The molecule has 0 radical (unpaired) electrons. The van der Waals surface area contributed by atoms with Gasteiger partial charge in [-0.25, -0.2) is 17.7 Å². The minimum Gasteiger partial charge on any atom is -0.348 e. The van der Waals surface area contributed by atoms with E-state index in [4.69, 9.17) is 0 Å². The Hall–Kier alpha value is -1.20. The summed E-state index contributed by atoms with van der Waals surface area (Å²) in [6, 6.07) is 1.17. The zero-order valence-corrected chi connectivity index (χ0v) is 15.0. The average Bonchev–Trinajstić information content (AvgIpc) is 2.45. The highest BCUT2D eigenvalue weighted by molar-refractivity contribution is 9.10. The second-order valence-electron chi connectivity index (χ2n) is 5.47. The summed E-state index contributed by atoms with van der Waals surface area (Å²) < 4.78 is 62.4. The van der Waals surface area contributed by atoms with E-state index in [9.17, 15) is 26.4 Å². The van der Waals surface area contributed by atoms with Crippen molar-refractivity contribution in [3.05, 3.63) is 28.0 Å². The number of piperidine rings is 1. The first kappa shape index (κ1) is 19.1. The lowest BCUT2D eigenvalue weighted by molar-refractivity contribution is -0.137. The maximum absolute atomic E-state index is 12.8. The number of hydrogen-bond acceptors (Lipinski definition) is 4. The Morgan fingerprint density at radius 3 is 2.42 bits per heavy atom. The van der Waals surface area contributed by atoms with Crippen LogP contribution in [0.15, 0.2) is 16.7 Å². The van der Waals surface area contributed by atoms with Gasteiger partial charge in [-0.1, -0.05) is 0 Å². The molecule has 1 amide bonds. The number of carbonyl (C=O) groups excluding carboxylic acids is 1. The number of sulfonamides is 1. The molecule has 134 valence electrons. The van der Waals surface area contributed by atoms with Crippen molar-refractivity contribution in [2.24, 2.45) is 0 Å². The Morgan fingerprint density at radius 2 is 1.92 bits per heavy atom.